The lowest BCUT2D eigenvalue weighted by Gasteiger charge is -2.29. The average molecular weight is 472 g/mol. The van der Waals surface area contributed by atoms with Crippen LogP contribution in [0.15, 0.2) is 47.8 Å². The number of ether oxygens (including phenoxy) is 1. The lowest BCUT2D eigenvalue weighted by Crippen LogP contribution is -2.31. The number of fused-ring (bicyclic) bond motifs is 1. The minimum absolute atomic E-state index is 0.157. The normalized spacial score (nSPS) is 16.3. The minimum atomic E-state index is -0.554. The van der Waals surface area contributed by atoms with Crippen molar-refractivity contribution in [2.45, 2.75) is 53.3 Å². The summed E-state index contributed by atoms with van der Waals surface area (Å²) in [5.41, 5.74) is 3.93. The second-order valence-corrected chi connectivity index (χ2v) is 13.6. The molecule has 1 aromatic carbocycles. The zero-order chi connectivity index (χ0) is 24.0. The maximum absolute atomic E-state index is 12.6. The molecule has 1 aliphatic heterocycles. The van der Waals surface area contributed by atoms with Crippen molar-refractivity contribution in [2.75, 3.05) is 30.6 Å². The summed E-state index contributed by atoms with van der Waals surface area (Å²) in [5.74, 6) is 1.97. The molecule has 0 fully saturated rings. The highest BCUT2D eigenvalue weighted by Gasteiger charge is 2.37. The fraction of sp³-hybridized carbons (Fsp3) is 0.500. The zero-order valence-corrected chi connectivity index (χ0v) is 21.4. The lowest BCUT2D eigenvalue weighted by molar-refractivity contribution is -0.138. The van der Waals surface area contributed by atoms with Gasteiger partial charge in [0, 0.05) is 16.9 Å². The van der Waals surface area contributed by atoms with Gasteiger partial charge < -0.3 is 9.30 Å². The van der Waals surface area contributed by atoms with Crippen LogP contribution in [0.5, 0.6) is 0 Å². The molecule has 1 aliphatic carbocycles. The first kappa shape index (κ1) is 25.2. The predicted octanol–water partition coefficient (Wildman–Crippen LogP) is 5.03. The number of carbonyl (C=O) groups is 2. The van der Waals surface area contributed by atoms with E-state index in [1.165, 1.54) is 17.1 Å². The van der Waals surface area contributed by atoms with Crippen molar-refractivity contribution in [1.82, 2.24) is 14.5 Å². The van der Waals surface area contributed by atoms with Gasteiger partial charge in [0.2, 0.25) is 0 Å². The second kappa shape index (κ2) is 11.2. The quantitative estimate of drug-likeness (QED) is 0.400. The Bertz CT molecular complexity index is 1070. The summed E-state index contributed by atoms with van der Waals surface area (Å²) in [5, 5.41) is 0. The summed E-state index contributed by atoms with van der Waals surface area (Å²) in [6, 6.07) is 5.89. The van der Waals surface area contributed by atoms with Crippen LogP contribution in [0.1, 0.15) is 45.6 Å². The fourth-order valence-electron chi connectivity index (χ4n) is 3.72. The number of hydrogen-bond donors (Lipinski definition) is 0. The van der Waals surface area contributed by atoms with E-state index in [1.54, 1.807) is 12.4 Å². The molecule has 0 saturated carbocycles. The van der Waals surface area contributed by atoms with E-state index in [1.807, 2.05) is 28.8 Å². The molecule has 0 unspecified atom stereocenters. The molecule has 4 rings (SSSR count). The van der Waals surface area contributed by atoms with Gasteiger partial charge in [-0.3, -0.25) is 14.5 Å². The van der Waals surface area contributed by atoms with Crippen LogP contribution >= 0.6 is 10.0 Å². The first-order valence-corrected chi connectivity index (χ1v) is 14.6. The number of benzene rings is 1. The van der Waals surface area contributed by atoms with Crippen molar-refractivity contribution in [3.63, 3.8) is 0 Å². The summed E-state index contributed by atoms with van der Waals surface area (Å²) in [4.78, 5) is 31.1. The molecular weight excluding hydrogens is 434 g/mol. The van der Waals surface area contributed by atoms with Crippen LogP contribution < -0.4 is 0 Å². The standard InChI is InChI=1S/C23H29N3O3S.C3H8/c1-4-30(2,3)12-11-29-16-25-15-24-20-13-17(9-10-21(20)25)14-26-22(27)18-7-5-6-8-19(18)23(26)28;1-3-2/h5,7,9-10,13,15H,4,6,8,11-12,14,16H2,1-3H3;3H2,1-2H3. The average Bonchev–Trinajstić information content (AvgIpc) is 3.31. The van der Waals surface area contributed by atoms with E-state index in [9.17, 15) is 9.59 Å². The van der Waals surface area contributed by atoms with Crippen molar-refractivity contribution in [3.8, 4) is 0 Å². The van der Waals surface area contributed by atoms with Gasteiger partial charge in [-0.2, -0.15) is 0 Å². The van der Waals surface area contributed by atoms with E-state index in [0.29, 0.717) is 24.3 Å². The highest BCUT2D eigenvalue weighted by molar-refractivity contribution is 8.32. The van der Waals surface area contributed by atoms with E-state index in [2.05, 4.69) is 38.3 Å². The maximum atomic E-state index is 12.6. The van der Waals surface area contributed by atoms with Crippen LogP contribution in [-0.4, -0.2) is 56.9 Å². The summed E-state index contributed by atoms with van der Waals surface area (Å²) in [7, 11) is -0.554. The van der Waals surface area contributed by atoms with Crippen molar-refractivity contribution in [3.05, 3.63) is 53.4 Å². The molecule has 33 heavy (non-hydrogen) atoms. The SMILES string of the molecule is CCC.CCS(C)(C)CCOCn1cnc2cc(CN3C(=O)C4=C(CCC=C4)C3=O)ccc21. The Morgan fingerprint density at radius 2 is 1.88 bits per heavy atom. The molecule has 6 nitrogen and oxygen atoms in total. The Hall–Kier alpha value is -2.38. The van der Waals surface area contributed by atoms with Crippen LogP contribution in [0.3, 0.4) is 0 Å². The monoisotopic (exact) mass is 471 g/mol. The van der Waals surface area contributed by atoms with Crippen molar-refractivity contribution >= 4 is 32.9 Å². The smallest absolute Gasteiger partial charge is 0.261 e. The Morgan fingerprint density at radius 3 is 2.58 bits per heavy atom. The molecular formula is C26H37N3O3S. The molecule has 1 aromatic heterocycles. The zero-order valence-electron chi connectivity index (χ0n) is 20.6. The molecule has 0 saturated heterocycles. The number of nitrogens with zero attached hydrogens (tertiary/aromatic N) is 3. The summed E-state index contributed by atoms with van der Waals surface area (Å²) < 4.78 is 7.87. The van der Waals surface area contributed by atoms with Gasteiger partial charge >= 0.3 is 0 Å². The van der Waals surface area contributed by atoms with E-state index in [-0.39, 0.29) is 18.4 Å². The van der Waals surface area contributed by atoms with Gasteiger partial charge in [0.15, 0.2) is 0 Å². The first-order valence-electron chi connectivity index (χ1n) is 11.8. The number of imide groups is 1. The minimum Gasteiger partial charge on any atom is -0.360 e. The predicted molar refractivity (Wildman–Crippen MR) is 137 cm³/mol. The van der Waals surface area contributed by atoms with Crippen molar-refractivity contribution in [2.24, 2.45) is 0 Å². The summed E-state index contributed by atoms with van der Waals surface area (Å²) >= 11 is 0. The van der Waals surface area contributed by atoms with E-state index < -0.39 is 10.0 Å². The number of hydrogen-bond acceptors (Lipinski definition) is 4. The number of rotatable bonds is 8. The van der Waals surface area contributed by atoms with Gasteiger partial charge in [-0.1, -0.05) is 45.4 Å². The van der Waals surface area contributed by atoms with Crippen LogP contribution in [0.25, 0.3) is 11.0 Å². The number of aromatic nitrogens is 2. The van der Waals surface area contributed by atoms with Gasteiger partial charge in [-0.05, 0) is 48.8 Å². The number of carbonyl (C=O) groups excluding carboxylic acids is 2. The molecule has 2 aromatic rings. The van der Waals surface area contributed by atoms with Gasteiger partial charge in [-0.15, -0.1) is 0 Å². The molecule has 0 radical (unpaired) electrons. The van der Waals surface area contributed by atoms with Gasteiger partial charge in [0.1, 0.15) is 6.73 Å². The summed E-state index contributed by atoms with van der Waals surface area (Å²) in [6.45, 7) is 7.98. The Morgan fingerprint density at radius 1 is 1.12 bits per heavy atom. The topological polar surface area (TPSA) is 64.4 Å². The van der Waals surface area contributed by atoms with Crippen molar-refractivity contribution < 1.29 is 14.3 Å². The second-order valence-electron chi connectivity index (χ2n) is 9.07. The number of amides is 2. The third-order valence-corrected chi connectivity index (χ3v) is 8.80. The molecule has 0 spiro atoms. The highest BCUT2D eigenvalue weighted by Crippen LogP contribution is 2.38. The molecule has 180 valence electrons. The maximum Gasteiger partial charge on any atom is 0.261 e. The fourth-order valence-corrected chi connectivity index (χ4v) is 4.57. The van der Waals surface area contributed by atoms with Crippen molar-refractivity contribution in [1.29, 1.82) is 0 Å². The number of imidazole rings is 1. The van der Waals surface area contributed by atoms with Crippen LogP contribution in [0, 0.1) is 0 Å². The Balaban J connectivity index is 0.000000968. The number of allylic oxidation sites excluding steroid dienone is 1. The van der Waals surface area contributed by atoms with Crippen LogP contribution in [0.4, 0.5) is 0 Å². The van der Waals surface area contributed by atoms with Gasteiger partial charge in [0.05, 0.1) is 30.5 Å². The molecule has 2 heterocycles. The van der Waals surface area contributed by atoms with E-state index in [4.69, 9.17) is 4.74 Å². The molecule has 0 N–H and O–H groups in total. The van der Waals surface area contributed by atoms with E-state index >= 15 is 0 Å². The largest absolute Gasteiger partial charge is 0.360 e. The molecule has 0 atom stereocenters. The molecule has 2 aliphatic rings. The molecule has 2 amide bonds. The highest BCUT2D eigenvalue weighted by atomic mass is 32.3. The summed E-state index contributed by atoms with van der Waals surface area (Å²) in [6.07, 6.45) is 12.9. The third-order valence-electron chi connectivity index (χ3n) is 5.97. The third kappa shape index (κ3) is 5.95. The van der Waals surface area contributed by atoms with E-state index in [0.717, 1.165) is 35.4 Å². The van der Waals surface area contributed by atoms with Gasteiger partial charge in [0.25, 0.3) is 11.8 Å². The Kier molecular flexibility index (Phi) is 8.54. The molecule has 0 bridgehead atoms. The first-order chi connectivity index (χ1) is 15.8. The Labute approximate surface area is 199 Å². The van der Waals surface area contributed by atoms with Crippen LogP contribution in [0.2, 0.25) is 0 Å². The van der Waals surface area contributed by atoms with Crippen LogP contribution in [-0.2, 0) is 27.6 Å². The van der Waals surface area contributed by atoms with Gasteiger partial charge in [-0.25, -0.2) is 15.0 Å². The lowest BCUT2D eigenvalue weighted by atomic mass is 10.00. The molecule has 7 heteroatoms.